The quantitative estimate of drug-likeness (QED) is 0.410. The molecule has 1 saturated heterocycles. The lowest BCUT2D eigenvalue weighted by molar-refractivity contribution is 0.126. The van der Waals surface area contributed by atoms with Crippen LogP contribution in [0.4, 0.5) is 4.39 Å². The number of nitrogens with zero attached hydrogens (tertiary/aromatic N) is 4. The molecule has 2 aliphatic heterocycles. The van der Waals surface area contributed by atoms with Crippen molar-refractivity contribution in [1.82, 2.24) is 19.0 Å². The zero-order valence-electron chi connectivity index (χ0n) is 19.6. The van der Waals surface area contributed by atoms with Crippen molar-refractivity contribution in [2.75, 3.05) is 6.54 Å². The van der Waals surface area contributed by atoms with Gasteiger partial charge in [0.05, 0.1) is 23.1 Å². The Morgan fingerprint density at radius 3 is 2.83 bits per heavy atom. The maximum absolute atomic E-state index is 13.0. The number of hydrogen-bond acceptors (Lipinski definition) is 4. The Kier molecular flexibility index (Phi) is 6.38. The zero-order chi connectivity index (χ0) is 23.2. The summed E-state index contributed by atoms with van der Waals surface area (Å²) in [6.07, 6.45) is 7.90. The van der Waals surface area contributed by atoms with E-state index in [2.05, 4.69) is 33.6 Å². The number of fused-ring (bicyclic) bond motifs is 4. The number of halogens is 2. The molecule has 0 saturated carbocycles. The Morgan fingerprint density at radius 1 is 1.14 bits per heavy atom. The van der Waals surface area contributed by atoms with Gasteiger partial charge in [-0.3, -0.25) is 19.2 Å². The van der Waals surface area contributed by atoms with Crippen molar-refractivity contribution < 1.29 is 9.13 Å². The molecule has 0 aliphatic carbocycles. The number of piperidine rings is 1. The molecule has 5 heterocycles. The second-order valence-electron chi connectivity index (χ2n) is 9.34. The van der Waals surface area contributed by atoms with E-state index in [-0.39, 0.29) is 24.6 Å². The van der Waals surface area contributed by atoms with Crippen molar-refractivity contribution in [3.05, 3.63) is 88.0 Å². The van der Waals surface area contributed by atoms with Crippen molar-refractivity contribution in [2.45, 2.75) is 44.9 Å². The largest absolute Gasteiger partial charge is 0.487 e. The molecular formula is C27H28ClFN4O2. The van der Waals surface area contributed by atoms with Crippen LogP contribution in [-0.4, -0.2) is 31.6 Å². The van der Waals surface area contributed by atoms with Gasteiger partial charge in [0.25, 0.3) is 5.56 Å². The van der Waals surface area contributed by atoms with E-state index >= 15 is 0 Å². The molecule has 1 aromatic carbocycles. The summed E-state index contributed by atoms with van der Waals surface area (Å²) in [5, 5.41) is 1.28. The van der Waals surface area contributed by atoms with Crippen LogP contribution in [0.15, 0.2) is 59.7 Å². The Labute approximate surface area is 209 Å². The topological polar surface area (TPSA) is 52.3 Å². The fourth-order valence-electron chi connectivity index (χ4n) is 5.48. The molecule has 4 aromatic rings. The highest BCUT2D eigenvalue weighted by molar-refractivity contribution is 5.87. The summed E-state index contributed by atoms with van der Waals surface area (Å²) in [5.41, 5.74) is 5.30. The SMILES string of the molecule is Cl.Cn1c2c(c3ccc(-n4ccc(OCc5ccc(F)cn5)cc4=O)cc31)CN1CCCCC1C2. The molecule has 0 bridgehead atoms. The lowest BCUT2D eigenvalue weighted by Gasteiger charge is -2.39. The molecular weight excluding hydrogens is 467 g/mol. The van der Waals surface area contributed by atoms with Crippen molar-refractivity contribution in [3.63, 3.8) is 0 Å². The van der Waals surface area contributed by atoms with Gasteiger partial charge in [0, 0.05) is 49.4 Å². The van der Waals surface area contributed by atoms with E-state index in [1.807, 2.05) is 6.07 Å². The van der Waals surface area contributed by atoms with Crippen LogP contribution in [0.25, 0.3) is 16.6 Å². The van der Waals surface area contributed by atoms with E-state index < -0.39 is 5.82 Å². The minimum atomic E-state index is -0.391. The van der Waals surface area contributed by atoms with Gasteiger partial charge in [-0.25, -0.2) is 4.39 Å². The maximum Gasteiger partial charge on any atom is 0.258 e. The first-order valence-electron chi connectivity index (χ1n) is 11.9. The minimum Gasteiger partial charge on any atom is -0.487 e. The van der Waals surface area contributed by atoms with Crippen molar-refractivity contribution in [1.29, 1.82) is 0 Å². The molecule has 2 aliphatic rings. The normalized spacial score (nSPS) is 17.5. The van der Waals surface area contributed by atoms with Crippen molar-refractivity contribution >= 4 is 23.3 Å². The standard InChI is InChI=1S/C27H27FN4O2.ClH/c1-30-25-13-21(7-8-23(25)24-16-31-10-3-2-4-20(31)12-26(24)30)32-11-9-22(14-27(32)33)34-17-19-6-5-18(28)15-29-19;/h5-9,11,13-15,20H,2-4,10,12,16-17H2,1H3;1H. The third kappa shape index (κ3) is 4.34. The third-order valence-electron chi connectivity index (χ3n) is 7.30. The number of pyridine rings is 2. The van der Waals surface area contributed by atoms with Crippen LogP contribution in [0.1, 0.15) is 36.2 Å². The van der Waals surface area contributed by atoms with Crippen LogP contribution in [0.2, 0.25) is 0 Å². The molecule has 1 unspecified atom stereocenters. The van der Waals surface area contributed by atoms with Crippen LogP contribution in [0, 0.1) is 5.82 Å². The van der Waals surface area contributed by atoms with Gasteiger partial charge in [-0.2, -0.15) is 0 Å². The fourth-order valence-corrected chi connectivity index (χ4v) is 5.48. The molecule has 6 rings (SSSR count). The first-order chi connectivity index (χ1) is 16.6. The summed E-state index contributed by atoms with van der Waals surface area (Å²) in [6.45, 7) is 2.38. The highest BCUT2D eigenvalue weighted by Gasteiger charge is 2.31. The highest BCUT2D eigenvalue weighted by atomic mass is 35.5. The minimum absolute atomic E-state index is 0. The lowest BCUT2D eigenvalue weighted by atomic mass is 9.91. The van der Waals surface area contributed by atoms with Gasteiger partial charge in [-0.05, 0) is 55.3 Å². The maximum atomic E-state index is 13.0. The number of rotatable bonds is 4. The van der Waals surface area contributed by atoms with E-state index in [1.54, 1.807) is 22.9 Å². The molecule has 8 heteroatoms. The van der Waals surface area contributed by atoms with E-state index in [0.717, 1.165) is 30.4 Å². The molecule has 3 aromatic heterocycles. The fraction of sp³-hybridized carbons (Fsp3) is 0.333. The summed E-state index contributed by atoms with van der Waals surface area (Å²) >= 11 is 0. The number of hydrogen-bond donors (Lipinski definition) is 0. The molecule has 0 amide bonds. The van der Waals surface area contributed by atoms with Gasteiger partial charge in [0.2, 0.25) is 0 Å². The molecule has 0 N–H and O–H groups in total. The Hall–Kier alpha value is -3.16. The van der Waals surface area contributed by atoms with E-state index in [9.17, 15) is 9.18 Å². The van der Waals surface area contributed by atoms with Crippen LogP contribution in [-0.2, 0) is 26.6 Å². The van der Waals surface area contributed by atoms with Gasteiger partial charge >= 0.3 is 0 Å². The van der Waals surface area contributed by atoms with Crippen LogP contribution in [0.3, 0.4) is 0 Å². The van der Waals surface area contributed by atoms with Gasteiger partial charge < -0.3 is 9.30 Å². The van der Waals surface area contributed by atoms with E-state index in [0.29, 0.717) is 17.5 Å². The predicted molar refractivity (Wildman–Crippen MR) is 136 cm³/mol. The summed E-state index contributed by atoms with van der Waals surface area (Å²) in [4.78, 5) is 19.5. The average molecular weight is 495 g/mol. The first-order valence-corrected chi connectivity index (χ1v) is 11.9. The molecule has 6 nitrogen and oxygen atoms in total. The third-order valence-corrected chi connectivity index (χ3v) is 7.30. The molecule has 182 valence electrons. The zero-order valence-corrected chi connectivity index (χ0v) is 20.4. The average Bonchev–Trinajstić information content (AvgIpc) is 3.13. The first kappa shape index (κ1) is 23.6. The smallest absolute Gasteiger partial charge is 0.258 e. The highest BCUT2D eigenvalue weighted by Crippen LogP contribution is 2.36. The van der Waals surface area contributed by atoms with Gasteiger partial charge in [0.15, 0.2) is 0 Å². The molecule has 1 atom stereocenters. The number of aromatic nitrogens is 3. The number of benzene rings is 1. The Balaban J connectivity index is 0.00000253. The van der Waals surface area contributed by atoms with Crippen LogP contribution in [0.5, 0.6) is 5.75 Å². The second kappa shape index (κ2) is 9.47. The van der Waals surface area contributed by atoms with Crippen LogP contribution < -0.4 is 10.3 Å². The predicted octanol–water partition coefficient (Wildman–Crippen LogP) is 4.77. The van der Waals surface area contributed by atoms with Crippen LogP contribution >= 0.6 is 12.4 Å². The monoisotopic (exact) mass is 494 g/mol. The van der Waals surface area contributed by atoms with Gasteiger partial charge in [-0.1, -0.05) is 12.5 Å². The van der Waals surface area contributed by atoms with Crippen molar-refractivity contribution in [3.8, 4) is 11.4 Å². The second-order valence-corrected chi connectivity index (χ2v) is 9.34. The Morgan fingerprint density at radius 2 is 2.03 bits per heavy atom. The summed E-state index contributed by atoms with van der Waals surface area (Å²) in [7, 11) is 2.15. The van der Waals surface area contributed by atoms with E-state index in [4.69, 9.17) is 4.74 Å². The molecule has 0 radical (unpaired) electrons. The van der Waals surface area contributed by atoms with E-state index in [1.165, 1.54) is 54.6 Å². The lowest BCUT2D eigenvalue weighted by Crippen LogP contribution is -2.43. The van der Waals surface area contributed by atoms with Gasteiger partial charge in [-0.15, -0.1) is 12.4 Å². The summed E-state index contributed by atoms with van der Waals surface area (Å²) < 4.78 is 22.7. The number of aryl methyl sites for hydroxylation is 1. The summed E-state index contributed by atoms with van der Waals surface area (Å²) in [5.74, 6) is 0.0673. The van der Waals surface area contributed by atoms with Gasteiger partial charge in [0.1, 0.15) is 18.2 Å². The molecule has 35 heavy (non-hydrogen) atoms. The Bertz CT molecular complexity index is 1430. The number of ether oxygens (including phenoxy) is 1. The van der Waals surface area contributed by atoms with Crippen molar-refractivity contribution in [2.24, 2.45) is 7.05 Å². The molecule has 0 spiro atoms. The summed E-state index contributed by atoms with van der Waals surface area (Å²) in [6, 6.07) is 13.1. The molecule has 1 fully saturated rings.